The second-order valence-corrected chi connectivity index (χ2v) is 6.07. The summed E-state index contributed by atoms with van der Waals surface area (Å²) in [6.45, 7) is 9.16. The van der Waals surface area contributed by atoms with Crippen LogP contribution in [-0.4, -0.2) is 0 Å². The SMILES string of the molecule is Cc1ccccc1C(c1ccccc1)C(C)(C)C. The smallest absolute Gasteiger partial charge is 0.0140 e. The average molecular weight is 238 g/mol. The zero-order valence-electron chi connectivity index (χ0n) is 11.8. The predicted octanol–water partition coefficient (Wildman–Crippen LogP) is 5.17. The van der Waals surface area contributed by atoms with E-state index in [1.165, 1.54) is 16.7 Å². The Kier molecular flexibility index (Phi) is 3.56. The second-order valence-electron chi connectivity index (χ2n) is 6.07. The number of benzene rings is 2. The van der Waals surface area contributed by atoms with E-state index in [-0.39, 0.29) is 5.41 Å². The molecule has 1 unspecified atom stereocenters. The predicted molar refractivity (Wildman–Crippen MR) is 78.9 cm³/mol. The largest absolute Gasteiger partial charge is 0.0622 e. The van der Waals surface area contributed by atoms with Crippen LogP contribution in [0.1, 0.15) is 43.4 Å². The molecule has 0 fully saturated rings. The summed E-state index contributed by atoms with van der Waals surface area (Å²) in [5.41, 5.74) is 4.43. The quantitative estimate of drug-likeness (QED) is 0.677. The second kappa shape index (κ2) is 4.97. The Labute approximate surface area is 111 Å². The normalized spacial score (nSPS) is 13.3. The minimum atomic E-state index is 0.216. The standard InChI is InChI=1S/C18H22/c1-14-10-8-9-13-16(14)17(18(2,3)4)15-11-6-5-7-12-15/h5-13,17H,1-4H3. The number of hydrogen-bond donors (Lipinski definition) is 0. The van der Waals surface area contributed by atoms with Crippen LogP contribution in [0.5, 0.6) is 0 Å². The van der Waals surface area contributed by atoms with Crippen molar-refractivity contribution in [2.45, 2.75) is 33.6 Å². The summed E-state index contributed by atoms with van der Waals surface area (Å²) in [7, 11) is 0. The molecular weight excluding hydrogens is 216 g/mol. The molecule has 0 spiro atoms. The fraction of sp³-hybridized carbons (Fsp3) is 0.333. The highest BCUT2D eigenvalue weighted by atomic mass is 14.3. The molecule has 0 aliphatic carbocycles. The maximum Gasteiger partial charge on any atom is 0.0140 e. The third kappa shape index (κ3) is 2.64. The van der Waals surface area contributed by atoms with E-state index in [0.29, 0.717) is 5.92 Å². The lowest BCUT2D eigenvalue weighted by molar-refractivity contribution is 0.357. The summed E-state index contributed by atoms with van der Waals surface area (Å²) >= 11 is 0. The van der Waals surface area contributed by atoms with Crippen LogP contribution in [0.15, 0.2) is 54.6 Å². The molecule has 0 saturated carbocycles. The van der Waals surface area contributed by atoms with Crippen LogP contribution in [0.4, 0.5) is 0 Å². The Hall–Kier alpha value is -1.56. The molecule has 0 amide bonds. The summed E-state index contributed by atoms with van der Waals surface area (Å²) < 4.78 is 0. The molecule has 2 rings (SSSR count). The molecule has 0 aliphatic heterocycles. The fourth-order valence-electron chi connectivity index (χ4n) is 2.70. The molecule has 0 saturated heterocycles. The molecule has 1 atom stereocenters. The fourth-order valence-corrected chi connectivity index (χ4v) is 2.70. The Morgan fingerprint density at radius 2 is 1.33 bits per heavy atom. The van der Waals surface area contributed by atoms with E-state index >= 15 is 0 Å². The van der Waals surface area contributed by atoms with Gasteiger partial charge in [0.25, 0.3) is 0 Å². The van der Waals surface area contributed by atoms with Crippen molar-refractivity contribution in [3.63, 3.8) is 0 Å². The molecular formula is C18H22. The van der Waals surface area contributed by atoms with Crippen molar-refractivity contribution in [3.05, 3.63) is 71.3 Å². The lowest BCUT2D eigenvalue weighted by atomic mass is 9.71. The first-order chi connectivity index (χ1) is 8.50. The third-order valence-corrected chi connectivity index (χ3v) is 3.50. The van der Waals surface area contributed by atoms with E-state index in [2.05, 4.69) is 82.3 Å². The van der Waals surface area contributed by atoms with Gasteiger partial charge in [-0.2, -0.15) is 0 Å². The van der Waals surface area contributed by atoms with Crippen molar-refractivity contribution in [2.75, 3.05) is 0 Å². The lowest BCUT2D eigenvalue weighted by Gasteiger charge is -2.32. The molecule has 94 valence electrons. The Morgan fingerprint density at radius 1 is 0.778 bits per heavy atom. The van der Waals surface area contributed by atoms with E-state index in [1.54, 1.807) is 0 Å². The van der Waals surface area contributed by atoms with Crippen LogP contribution in [0.25, 0.3) is 0 Å². The summed E-state index contributed by atoms with van der Waals surface area (Å²) in [6, 6.07) is 19.5. The minimum absolute atomic E-state index is 0.216. The summed E-state index contributed by atoms with van der Waals surface area (Å²) in [6.07, 6.45) is 0. The lowest BCUT2D eigenvalue weighted by Crippen LogP contribution is -2.20. The van der Waals surface area contributed by atoms with Gasteiger partial charge in [-0.3, -0.25) is 0 Å². The maximum absolute atomic E-state index is 2.32. The van der Waals surface area contributed by atoms with Gasteiger partial charge in [-0.05, 0) is 29.0 Å². The average Bonchev–Trinajstić information content (AvgIpc) is 2.32. The van der Waals surface area contributed by atoms with Gasteiger partial charge < -0.3 is 0 Å². The molecule has 0 bridgehead atoms. The van der Waals surface area contributed by atoms with Gasteiger partial charge in [0.2, 0.25) is 0 Å². The van der Waals surface area contributed by atoms with Crippen molar-refractivity contribution in [3.8, 4) is 0 Å². The molecule has 0 nitrogen and oxygen atoms in total. The number of rotatable bonds is 2. The topological polar surface area (TPSA) is 0 Å². The van der Waals surface area contributed by atoms with Crippen LogP contribution >= 0.6 is 0 Å². The summed E-state index contributed by atoms with van der Waals surface area (Å²) in [4.78, 5) is 0. The van der Waals surface area contributed by atoms with Gasteiger partial charge in [-0.25, -0.2) is 0 Å². The summed E-state index contributed by atoms with van der Waals surface area (Å²) in [5, 5.41) is 0. The molecule has 0 N–H and O–H groups in total. The molecule has 0 aromatic heterocycles. The van der Waals surface area contributed by atoms with Gasteiger partial charge in [0.15, 0.2) is 0 Å². The highest BCUT2D eigenvalue weighted by Gasteiger charge is 2.28. The van der Waals surface area contributed by atoms with Crippen LogP contribution in [0, 0.1) is 12.3 Å². The first-order valence-electron chi connectivity index (χ1n) is 6.60. The maximum atomic E-state index is 2.32. The van der Waals surface area contributed by atoms with Crippen LogP contribution in [0.2, 0.25) is 0 Å². The van der Waals surface area contributed by atoms with Crippen molar-refractivity contribution in [1.29, 1.82) is 0 Å². The first kappa shape index (κ1) is 12.9. The third-order valence-electron chi connectivity index (χ3n) is 3.50. The van der Waals surface area contributed by atoms with Gasteiger partial charge >= 0.3 is 0 Å². The van der Waals surface area contributed by atoms with Crippen molar-refractivity contribution >= 4 is 0 Å². The Morgan fingerprint density at radius 3 is 1.89 bits per heavy atom. The van der Waals surface area contributed by atoms with Crippen LogP contribution < -0.4 is 0 Å². The van der Waals surface area contributed by atoms with E-state index in [9.17, 15) is 0 Å². The van der Waals surface area contributed by atoms with E-state index in [0.717, 1.165) is 0 Å². The van der Waals surface area contributed by atoms with Crippen molar-refractivity contribution < 1.29 is 0 Å². The van der Waals surface area contributed by atoms with E-state index in [4.69, 9.17) is 0 Å². The Balaban J connectivity index is 2.55. The highest BCUT2D eigenvalue weighted by molar-refractivity contribution is 5.38. The van der Waals surface area contributed by atoms with Crippen LogP contribution in [-0.2, 0) is 0 Å². The minimum Gasteiger partial charge on any atom is -0.0622 e. The zero-order chi connectivity index (χ0) is 13.2. The number of aryl methyl sites for hydroxylation is 1. The summed E-state index contributed by atoms with van der Waals surface area (Å²) in [5.74, 6) is 0.444. The van der Waals surface area contributed by atoms with Gasteiger partial charge in [0.1, 0.15) is 0 Å². The molecule has 2 aromatic rings. The van der Waals surface area contributed by atoms with E-state index in [1.807, 2.05) is 0 Å². The van der Waals surface area contributed by atoms with Gasteiger partial charge in [0.05, 0.1) is 0 Å². The zero-order valence-corrected chi connectivity index (χ0v) is 11.8. The molecule has 2 aromatic carbocycles. The molecule has 0 heterocycles. The van der Waals surface area contributed by atoms with Crippen molar-refractivity contribution in [1.82, 2.24) is 0 Å². The van der Waals surface area contributed by atoms with Gasteiger partial charge in [-0.1, -0.05) is 75.4 Å². The van der Waals surface area contributed by atoms with Crippen molar-refractivity contribution in [2.24, 2.45) is 5.41 Å². The Bertz CT molecular complexity index is 503. The van der Waals surface area contributed by atoms with Crippen LogP contribution in [0.3, 0.4) is 0 Å². The number of hydrogen-bond acceptors (Lipinski definition) is 0. The molecule has 0 heteroatoms. The first-order valence-corrected chi connectivity index (χ1v) is 6.60. The highest BCUT2D eigenvalue weighted by Crippen LogP contribution is 2.41. The molecule has 18 heavy (non-hydrogen) atoms. The van der Waals surface area contributed by atoms with Gasteiger partial charge in [0, 0.05) is 5.92 Å². The molecule has 0 radical (unpaired) electrons. The van der Waals surface area contributed by atoms with E-state index < -0.39 is 0 Å². The van der Waals surface area contributed by atoms with Gasteiger partial charge in [-0.15, -0.1) is 0 Å². The monoisotopic (exact) mass is 238 g/mol. The molecule has 0 aliphatic rings.